The van der Waals surface area contributed by atoms with E-state index in [0.717, 1.165) is 39.8 Å². The van der Waals surface area contributed by atoms with Gasteiger partial charge in [-0.25, -0.2) is 14.4 Å². The molecular formula is C15H14FN5OS. The van der Waals surface area contributed by atoms with E-state index in [1.54, 1.807) is 12.1 Å². The molecule has 1 aliphatic heterocycles. The molecule has 1 saturated heterocycles. The van der Waals surface area contributed by atoms with Gasteiger partial charge in [0.15, 0.2) is 10.6 Å². The molecule has 8 heteroatoms. The normalized spacial score (nSPS) is 15.3. The molecular weight excluding hydrogens is 317 g/mol. The average Bonchev–Trinajstić information content (AvgIpc) is 2.99. The molecule has 23 heavy (non-hydrogen) atoms. The van der Waals surface area contributed by atoms with E-state index in [9.17, 15) is 4.39 Å². The molecule has 3 aromatic rings. The van der Waals surface area contributed by atoms with Crippen molar-refractivity contribution in [2.45, 2.75) is 0 Å². The van der Waals surface area contributed by atoms with Crippen LogP contribution in [0.5, 0.6) is 0 Å². The van der Waals surface area contributed by atoms with Crippen LogP contribution in [0.2, 0.25) is 0 Å². The molecule has 0 unspecified atom stereocenters. The number of nitrogens with two attached hydrogens (primary N) is 1. The number of thiazole rings is 1. The number of halogens is 1. The number of ether oxygens (including phenoxy) is 1. The van der Waals surface area contributed by atoms with Crippen LogP contribution in [-0.2, 0) is 4.74 Å². The summed E-state index contributed by atoms with van der Waals surface area (Å²) in [6.07, 6.45) is 0. The van der Waals surface area contributed by atoms with E-state index in [4.69, 9.17) is 10.5 Å². The zero-order valence-electron chi connectivity index (χ0n) is 12.2. The molecule has 2 N–H and O–H groups in total. The fraction of sp³-hybridized carbons (Fsp3) is 0.267. The number of fused-ring (bicyclic) bond motifs is 1. The van der Waals surface area contributed by atoms with Crippen molar-refractivity contribution in [3.63, 3.8) is 0 Å². The van der Waals surface area contributed by atoms with Crippen molar-refractivity contribution >= 4 is 33.5 Å². The SMILES string of the molecule is Nc1nc(N2CCOCC2)c2nc(-c3ccc(F)cc3)sc2n1. The van der Waals surface area contributed by atoms with E-state index in [1.165, 1.54) is 23.5 Å². The Morgan fingerprint density at radius 1 is 1.09 bits per heavy atom. The van der Waals surface area contributed by atoms with Gasteiger partial charge in [0.05, 0.1) is 13.2 Å². The van der Waals surface area contributed by atoms with E-state index in [-0.39, 0.29) is 11.8 Å². The van der Waals surface area contributed by atoms with E-state index < -0.39 is 0 Å². The first-order valence-electron chi connectivity index (χ1n) is 7.23. The second-order valence-electron chi connectivity index (χ2n) is 5.18. The zero-order valence-corrected chi connectivity index (χ0v) is 13.0. The first kappa shape index (κ1) is 14.3. The Hall–Kier alpha value is -2.32. The van der Waals surface area contributed by atoms with Crippen molar-refractivity contribution in [1.82, 2.24) is 15.0 Å². The fourth-order valence-electron chi connectivity index (χ4n) is 2.54. The predicted molar refractivity (Wildman–Crippen MR) is 88.0 cm³/mol. The number of nitrogens with zero attached hydrogens (tertiary/aromatic N) is 4. The summed E-state index contributed by atoms with van der Waals surface area (Å²) in [6.45, 7) is 2.80. The van der Waals surface area contributed by atoms with Gasteiger partial charge in [-0.3, -0.25) is 0 Å². The minimum atomic E-state index is -0.270. The summed E-state index contributed by atoms with van der Waals surface area (Å²) in [5.74, 6) is 0.696. The van der Waals surface area contributed by atoms with Crippen LogP contribution in [0.25, 0.3) is 20.9 Å². The molecule has 2 aromatic heterocycles. The topological polar surface area (TPSA) is 77.2 Å². The largest absolute Gasteiger partial charge is 0.378 e. The van der Waals surface area contributed by atoms with Gasteiger partial charge in [0.1, 0.15) is 16.3 Å². The molecule has 1 fully saturated rings. The molecule has 0 radical (unpaired) electrons. The minimum Gasteiger partial charge on any atom is -0.378 e. The highest BCUT2D eigenvalue weighted by atomic mass is 32.1. The lowest BCUT2D eigenvalue weighted by molar-refractivity contribution is 0.122. The van der Waals surface area contributed by atoms with Crippen molar-refractivity contribution in [3.05, 3.63) is 30.1 Å². The molecule has 0 amide bonds. The first-order chi connectivity index (χ1) is 11.2. The number of nitrogen functional groups attached to an aromatic ring is 1. The van der Waals surface area contributed by atoms with Crippen molar-refractivity contribution < 1.29 is 9.13 Å². The second kappa shape index (κ2) is 5.71. The third kappa shape index (κ3) is 2.71. The van der Waals surface area contributed by atoms with Crippen LogP contribution in [0.4, 0.5) is 16.2 Å². The van der Waals surface area contributed by atoms with Gasteiger partial charge in [0.25, 0.3) is 0 Å². The highest BCUT2D eigenvalue weighted by Gasteiger charge is 2.20. The quantitative estimate of drug-likeness (QED) is 0.776. The molecule has 3 heterocycles. The Balaban J connectivity index is 1.82. The molecule has 0 saturated carbocycles. The molecule has 0 spiro atoms. The third-order valence-corrected chi connectivity index (χ3v) is 4.66. The molecule has 0 aliphatic carbocycles. The number of anilines is 2. The molecule has 4 rings (SSSR count). The van der Waals surface area contributed by atoms with Crippen LogP contribution >= 0.6 is 11.3 Å². The summed E-state index contributed by atoms with van der Waals surface area (Å²) in [6, 6.07) is 6.26. The Labute approximate surface area is 135 Å². The van der Waals surface area contributed by atoms with Crippen molar-refractivity contribution in [2.24, 2.45) is 0 Å². The standard InChI is InChI=1S/C15H14FN5OS/c16-10-3-1-9(2-4-10)13-18-11-12(21-5-7-22-8-6-21)19-15(17)20-14(11)23-13/h1-4H,5-8H2,(H2,17,19,20). The average molecular weight is 331 g/mol. The van der Waals surface area contributed by atoms with Gasteiger partial charge in [-0.05, 0) is 24.3 Å². The van der Waals surface area contributed by atoms with Crippen LogP contribution in [-0.4, -0.2) is 41.3 Å². The maximum atomic E-state index is 13.1. The maximum absolute atomic E-state index is 13.1. The van der Waals surface area contributed by atoms with Gasteiger partial charge < -0.3 is 15.4 Å². The summed E-state index contributed by atoms with van der Waals surface area (Å²) in [4.78, 5) is 16.2. The lowest BCUT2D eigenvalue weighted by Crippen LogP contribution is -2.37. The predicted octanol–water partition coefficient (Wildman–Crippen LogP) is 2.31. The molecule has 1 aromatic carbocycles. The molecule has 6 nitrogen and oxygen atoms in total. The van der Waals surface area contributed by atoms with E-state index >= 15 is 0 Å². The van der Waals surface area contributed by atoms with Crippen LogP contribution in [0, 0.1) is 5.82 Å². The number of aromatic nitrogens is 3. The molecule has 118 valence electrons. The van der Waals surface area contributed by atoms with Crippen LogP contribution in [0.3, 0.4) is 0 Å². The first-order valence-corrected chi connectivity index (χ1v) is 8.05. The van der Waals surface area contributed by atoms with Gasteiger partial charge in [-0.2, -0.15) is 4.98 Å². The summed E-state index contributed by atoms with van der Waals surface area (Å²) < 4.78 is 18.5. The Morgan fingerprint density at radius 2 is 1.83 bits per heavy atom. The zero-order chi connectivity index (χ0) is 15.8. The highest BCUT2D eigenvalue weighted by Crippen LogP contribution is 2.34. The highest BCUT2D eigenvalue weighted by molar-refractivity contribution is 7.21. The summed E-state index contributed by atoms with van der Waals surface area (Å²) in [5, 5.41) is 0.773. The van der Waals surface area contributed by atoms with Crippen LogP contribution < -0.4 is 10.6 Å². The lowest BCUT2D eigenvalue weighted by Gasteiger charge is -2.27. The Kier molecular flexibility index (Phi) is 3.55. The fourth-order valence-corrected chi connectivity index (χ4v) is 3.48. The van der Waals surface area contributed by atoms with Crippen molar-refractivity contribution in [3.8, 4) is 10.6 Å². The second-order valence-corrected chi connectivity index (χ2v) is 6.16. The maximum Gasteiger partial charge on any atom is 0.223 e. The van der Waals surface area contributed by atoms with Crippen LogP contribution in [0.1, 0.15) is 0 Å². The van der Waals surface area contributed by atoms with E-state index in [2.05, 4.69) is 19.9 Å². The number of hydrogen-bond acceptors (Lipinski definition) is 7. The monoisotopic (exact) mass is 331 g/mol. The lowest BCUT2D eigenvalue weighted by atomic mass is 10.2. The minimum absolute atomic E-state index is 0.230. The number of hydrogen-bond donors (Lipinski definition) is 1. The third-order valence-electron chi connectivity index (χ3n) is 3.66. The van der Waals surface area contributed by atoms with Gasteiger partial charge in [-0.15, -0.1) is 0 Å². The summed E-state index contributed by atoms with van der Waals surface area (Å²) in [7, 11) is 0. The number of rotatable bonds is 2. The Bertz CT molecular complexity index is 845. The number of morpholine rings is 1. The molecule has 1 aliphatic rings. The van der Waals surface area contributed by atoms with Gasteiger partial charge >= 0.3 is 0 Å². The van der Waals surface area contributed by atoms with Crippen molar-refractivity contribution in [1.29, 1.82) is 0 Å². The Morgan fingerprint density at radius 3 is 2.57 bits per heavy atom. The summed E-state index contributed by atoms with van der Waals surface area (Å²) >= 11 is 1.43. The summed E-state index contributed by atoms with van der Waals surface area (Å²) in [5.41, 5.74) is 7.42. The van der Waals surface area contributed by atoms with Crippen molar-refractivity contribution in [2.75, 3.05) is 36.9 Å². The van der Waals surface area contributed by atoms with Gasteiger partial charge in [0.2, 0.25) is 5.95 Å². The molecule has 0 bridgehead atoms. The van der Waals surface area contributed by atoms with Gasteiger partial charge in [-0.1, -0.05) is 11.3 Å². The molecule has 0 atom stereocenters. The smallest absolute Gasteiger partial charge is 0.223 e. The number of benzene rings is 1. The van der Waals surface area contributed by atoms with Gasteiger partial charge in [0, 0.05) is 18.7 Å². The van der Waals surface area contributed by atoms with E-state index in [1.807, 2.05) is 0 Å². The van der Waals surface area contributed by atoms with E-state index in [0.29, 0.717) is 13.2 Å². The van der Waals surface area contributed by atoms with Crippen LogP contribution in [0.15, 0.2) is 24.3 Å².